The minimum Gasteiger partial charge on any atom is -0.271 e. The minimum absolute atomic E-state index is 0.0654. The van der Waals surface area contributed by atoms with Crippen LogP contribution >= 0.6 is 0 Å². The first-order valence-corrected chi connectivity index (χ1v) is 6.99. The number of hydrogen-bond acceptors (Lipinski definition) is 3. The van der Waals surface area contributed by atoms with Crippen molar-refractivity contribution in [1.82, 2.24) is 18.8 Å². The molecule has 0 aliphatic heterocycles. The molecule has 0 unspecified atom stereocenters. The summed E-state index contributed by atoms with van der Waals surface area (Å²) in [5.41, 5.74) is 0. The lowest BCUT2D eigenvalue weighted by Crippen LogP contribution is -2.46. The van der Waals surface area contributed by atoms with E-state index < -0.39 is 10.2 Å². The third-order valence-electron chi connectivity index (χ3n) is 2.48. The Labute approximate surface area is 103 Å². The van der Waals surface area contributed by atoms with Gasteiger partial charge in [0.2, 0.25) is 0 Å². The molecule has 0 aliphatic carbocycles. The molecule has 6 nitrogen and oxygen atoms in total. The zero-order valence-corrected chi connectivity index (χ0v) is 11.5. The van der Waals surface area contributed by atoms with Crippen LogP contribution in [0.2, 0.25) is 0 Å². The van der Waals surface area contributed by atoms with Gasteiger partial charge in [0.05, 0.1) is 6.54 Å². The topological polar surface area (TPSA) is 67.2 Å². The molecule has 1 aromatic heterocycles. The summed E-state index contributed by atoms with van der Waals surface area (Å²) in [4.78, 5) is 0. The number of nitrogens with one attached hydrogen (secondary N) is 1. The molecule has 0 aromatic carbocycles. The van der Waals surface area contributed by atoms with E-state index in [0.29, 0.717) is 6.54 Å². The molecule has 0 radical (unpaired) electrons. The number of aromatic nitrogens is 2. The van der Waals surface area contributed by atoms with Gasteiger partial charge in [-0.05, 0) is 26.8 Å². The van der Waals surface area contributed by atoms with Gasteiger partial charge in [0.1, 0.15) is 0 Å². The maximum Gasteiger partial charge on any atom is 0.279 e. The van der Waals surface area contributed by atoms with Crippen LogP contribution in [0.15, 0.2) is 18.5 Å². The van der Waals surface area contributed by atoms with E-state index in [1.165, 1.54) is 4.31 Å². The van der Waals surface area contributed by atoms with Crippen LogP contribution in [-0.4, -0.2) is 41.6 Å². The first kappa shape index (κ1) is 14.1. The van der Waals surface area contributed by atoms with Crippen molar-refractivity contribution in [2.24, 2.45) is 0 Å². The van der Waals surface area contributed by atoms with Crippen LogP contribution in [0.3, 0.4) is 0 Å². The maximum atomic E-state index is 11.9. The number of nitrogens with zero attached hydrogens (tertiary/aromatic N) is 3. The van der Waals surface area contributed by atoms with Crippen LogP contribution < -0.4 is 4.72 Å². The summed E-state index contributed by atoms with van der Waals surface area (Å²) in [5, 5.41) is 4.03. The standard InChI is InChI=1S/C10H20N4O2S/c1-9(2)13(4)17(15,16)12-10(3)8-14-7-5-6-11-14/h5-7,9-10,12H,8H2,1-4H3/t10-/m1/s1. The van der Waals surface area contributed by atoms with Crippen LogP contribution in [-0.2, 0) is 16.8 Å². The molecule has 7 heteroatoms. The molecule has 0 amide bonds. The van der Waals surface area contributed by atoms with Crippen molar-refractivity contribution >= 4 is 10.2 Å². The molecule has 17 heavy (non-hydrogen) atoms. The quantitative estimate of drug-likeness (QED) is 0.807. The second kappa shape index (κ2) is 5.61. The van der Waals surface area contributed by atoms with Gasteiger partial charge in [-0.25, -0.2) is 0 Å². The SMILES string of the molecule is CC(C)N(C)S(=O)(=O)N[C@H](C)Cn1cccn1. The predicted molar refractivity (Wildman–Crippen MR) is 66.6 cm³/mol. The highest BCUT2D eigenvalue weighted by Gasteiger charge is 2.22. The second-order valence-electron chi connectivity index (χ2n) is 4.36. The van der Waals surface area contributed by atoms with Crippen molar-refractivity contribution in [2.45, 2.75) is 39.4 Å². The molecule has 1 rings (SSSR count). The van der Waals surface area contributed by atoms with Crippen molar-refractivity contribution in [1.29, 1.82) is 0 Å². The van der Waals surface area contributed by atoms with E-state index in [0.717, 1.165) is 0 Å². The molecule has 1 aromatic rings. The first-order valence-electron chi connectivity index (χ1n) is 5.55. The molecule has 0 saturated carbocycles. The van der Waals surface area contributed by atoms with Gasteiger partial charge in [-0.1, -0.05) is 0 Å². The molecule has 1 N–H and O–H groups in total. The largest absolute Gasteiger partial charge is 0.279 e. The minimum atomic E-state index is -3.42. The molecular weight excluding hydrogens is 240 g/mol. The third kappa shape index (κ3) is 4.10. The Hall–Kier alpha value is -0.920. The molecule has 0 spiro atoms. The lowest BCUT2D eigenvalue weighted by Gasteiger charge is -2.23. The zero-order valence-electron chi connectivity index (χ0n) is 10.7. The summed E-state index contributed by atoms with van der Waals surface area (Å²) in [7, 11) is -1.86. The van der Waals surface area contributed by atoms with Gasteiger partial charge >= 0.3 is 0 Å². The Morgan fingerprint density at radius 3 is 2.53 bits per heavy atom. The highest BCUT2D eigenvalue weighted by atomic mass is 32.2. The smallest absolute Gasteiger partial charge is 0.271 e. The van der Waals surface area contributed by atoms with Gasteiger partial charge in [-0.3, -0.25) is 4.68 Å². The summed E-state index contributed by atoms with van der Waals surface area (Å²) in [6.07, 6.45) is 3.47. The normalized spacial score (nSPS) is 14.5. The number of rotatable bonds is 6. The van der Waals surface area contributed by atoms with Crippen molar-refractivity contribution in [2.75, 3.05) is 7.05 Å². The molecule has 1 heterocycles. The van der Waals surface area contributed by atoms with Crippen LogP contribution in [0.5, 0.6) is 0 Å². The Morgan fingerprint density at radius 1 is 1.41 bits per heavy atom. The monoisotopic (exact) mass is 260 g/mol. The fourth-order valence-corrected chi connectivity index (χ4v) is 2.65. The third-order valence-corrected chi connectivity index (χ3v) is 4.36. The average Bonchev–Trinajstić information content (AvgIpc) is 2.67. The Morgan fingerprint density at radius 2 is 2.06 bits per heavy atom. The van der Waals surface area contributed by atoms with Gasteiger partial charge in [0.25, 0.3) is 10.2 Å². The molecular formula is C10H20N4O2S. The first-order chi connectivity index (χ1) is 7.83. The van der Waals surface area contributed by atoms with Crippen LogP contribution in [0.25, 0.3) is 0 Å². The van der Waals surface area contributed by atoms with Crippen molar-refractivity contribution in [3.63, 3.8) is 0 Å². The molecule has 1 atom stereocenters. The van der Waals surface area contributed by atoms with Gasteiger partial charge in [-0.2, -0.15) is 22.5 Å². The fourth-order valence-electron chi connectivity index (χ4n) is 1.34. The highest BCUT2D eigenvalue weighted by Crippen LogP contribution is 2.02. The van der Waals surface area contributed by atoms with Crippen LogP contribution in [0.4, 0.5) is 0 Å². The van der Waals surface area contributed by atoms with Gasteiger partial charge in [-0.15, -0.1) is 0 Å². The van der Waals surface area contributed by atoms with Gasteiger partial charge < -0.3 is 0 Å². The fraction of sp³-hybridized carbons (Fsp3) is 0.700. The summed E-state index contributed by atoms with van der Waals surface area (Å²) in [6.45, 7) is 5.99. The summed E-state index contributed by atoms with van der Waals surface area (Å²) < 4.78 is 29.4. The van der Waals surface area contributed by atoms with E-state index in [1.807, 2.05) is 26.8 Å². The summed E-state index contributed by atoms with van der Waals surface area (Å²) in [5.74, 6) is 0. The van der Waals surface area contributed by atoms with Crippen molar-refractivity contribution in [3.8, 4) is 0 Å². The Kier molecular flexibility index (Phi) is 4.67. The number of hydrogen-bond donors (Lipinski definition) is 1. The van der Waals surface area contributed by atoms with E-state index in [9.17, 15) is 8.42 Å². The zero-order chi connectivity index (χ0) is 13.1. The average molecular weight is 260 g/mol. The van der Waals surface area contributed by atoms with E-state index >= 15 is 0 Å². The van der Waals surface area contributed by atoms with Crippen molar-refractivity contribution in [3.05, 3.63) is 18.5 Å². The van der Waals surface area contributed by atoms with E-state index in [1.54, 1.807) is 24.1 Å². The van der Waals surface area contributed by atoms with Gasteiger partial charge in [0.15, 0.2) is 0 Å². The predicted octanol–water partition coefficient (Wildman–Crippen LogP) is 0.446. The lowest BCUT2D eigenvalue weighted by molar-refractivity contribution is 0.391. The van der Waals surface area contributed by atoms with E-state index in [2.05, 4.69) is 9.82 Å². The molecule has 0 bridgehead atoms. The molecule has 0 aliphatic rings. The summed E-state index contributed by atoms with van der Waals surface area (Å²) >= 11 is 0. The molecule has 98 valence electrons. The Bertz CT molecular complexity index is 427. The summed E-state index contributed by atoms with van der Waals surface area (Å²) in [6, 6.07) is 1.53. The van der Waals surface area contributed by atoms with Crippen LogP contribution in [0, 0.1) is 0 Å². The molecule has 0 fully saturated rings. The maximum absolute atomic E-state index is 11.9. The van der Waals surface area contributed by atoms with E-state index in [-0.39, 0.29) is 12.1 Å². The van der Waals surface area contributed by atoms with Gasteiger partial charge in [0, 0.05) is 31.5 Å². The van der Waals surface area contributed by atoms with Crippen LogP contribution in [0.1, 0.15) is 20.8 Å². The van der Waals surface area contributed by atoms with E-state index in [4.69, 9.17) is 0 Å². The molecule has 0 saturated heterocycles. The lowest BCUT2D eigenvalue weighted by atomic mass is 10.4. The second-order valence-corrected chi connectivity index (χ2v) is 6.12. The van der Waals surface area contributed by atoms with Crippen molar-refractivity contribution < 1.29 is 8.42 Å². The Balaban J connectivity index is 2.59. The highest BCUT2D eigenvalue weighted by molar-refractivity contribution is 7.87.